The molecule has 0 saturated carbocycles. The van der Waals surface area contributed by atoms with Crippen molar-refractivity contribution in [2.24, 2.45) is 0 Å². The molecule has 3 aromatic rings. The second-order valence-corrected chi connectivity index (χ2v) is 6.31. The molecule has 0 fully saturated rings. The van der Waals surface area contributed by atoms with Gasteiger partial charge in [0.1, 0.15) is 11.7 Å². The van der Waals surface area contributed by atoms with Gasteiger partial charge in [0.2, 0.25) is 11.9 Å². The minimum Gasteiger partial charge on any atom is -0.478 e. The molecule has 2 heterocycles. The first-order chi connectivity index (χ1) is 13.5. The Kier molecular flexibility index (Phi) is 4.36. The van der Waals surface area contributed by atoms with Gasteiger partial charge >= 0.3 is 5.97 Å². The van der Waals surface area contributed by atoms with Crippen LogP contribution in [0.25, 0.3) is 0 Å². The molecule has 1 amide bonds. The lowest BCUT2D eigenvalue weighted by Gasteiger charge is -2.35. The molecular weight excluding hydrogens is 358 g/mol. The van der Waals surface area contributed by atoms with E-state index in [4.69, 9.17) is 5.11 Å². The lowest BCUT2D eigenvalue weighted by molar-refractivity contribution is -0.117. The maximum atomic E-state index is 12.3. The molecule has 140 valence electrons. The smallest absolute Gasteiger partial charge is 0.335 e. The highest BCUT2D eigenvalue weighted by Crippen LogP contribution is 2.36. The van der Waals surface area contributed by atoms with Gasteiger partial charge in [-0.1, -0.05) is 18.2 Å². The molecule has 0 saturated heterocycles. The van der Waals surface area contributed by atoms with E-state index in [0.29, 0.717) is 23.1 Å². The van der Waals surface area contributed by atoms with E-state index in [9.17, 15) is 9.59 Å². The lowest BCUT2D eigenvalue weighted by atomic mass is 10.1. The van der Waals surface area contributed by atoms with Crippen LogP contribution in [0, 0.1) is 0 Å². The summed E-state index contributed by atoms with van der Waals surface area (Å²) in [7, 11) is 0. The van der Waals surface area contributed by atoms with Gasteiger partial charge in [-0.25, -0.2) is 9.78 Å². The molecule has 0 bridgehead atoms. The van der Waals surface area contributed by atoms with Crippen LogP contribution in [0.4, 0.5) is 28.8 Å². The number of aromatic nitrogens is 2. The summed E-state index contributed by atoms with van der Waals surface area (Å²) in [5, 5.41) is 14.9. The van der Waals surface area contributed by atoms with Crippen LogP contribution in [0.15, 0.2) is 60.8 Å². The Bertz CT molecular complexity index is 1040. The highest BCUT2D eigenvalue weighted by molar-refractivity contribution is 6.04. The van der Waals surface area contributed by atoms with Crippen LogP contribution in [0.5, 0.6) is 0 Å². The second kappa shape index (κ2) is 6.99. The molecule has 1 unspecified atom stereocenters. The van der Waals surface area contributed by atoms with Crippen LogP contribution in [0.3, 0.4) is 0 Å². The van der Waals surface area contributed by atoms with Gasteiger partial charge in [0.05, 0.1) is 11.8 Å². The van der Waals surface area contributed by atoms with Crippen molar-refractivity contribution in [1.82, 2.24) is 9.97 Å². The molecule has 1 aliphatic heterocycles. The van der Waals surface area contributed by atoms with Gasteiger partial charge in [0, 0.05) is 11.4 Å². The Labute approximate surface area is 160 Å². The van der Waals surface area contributed by atoms with E-state index in [1.807, 2.05) is 42.2 Å². The molecule has 4 rings (SSSR count). The highest BCUT2D eigenvalue weighted by atomic mass is 16.4. The van der Waals surface area contributed by atoms with Gasteiger partial charge in [0.15, 0.2) is 5.82 Å². The van der Waals surface area contributed by atoms with Crippen molar-refractivity contribution in [3.8, 4) is 0 Å². The van der Waals surface area contributed by atoms with Gasteiger partial charge in [-0.2, -0.15) is 4.98 Å². The average Bonchev–Trinajstić information content (AvgIpc) is 2.70. The molecule has 0 spiro atoms. The van der Waals surface area contributed by atoms with Crippen LogP contribution in [-0.2, 0) is 4.79 Å². The standard InChI is InChI=1S/C20H17N5O3/c1-12-18(26)23-16-11-21-20(22-14-9-7-13(8-10-14)19(27)28)24-17(16)25(12)15-5-3-2-4-6-15/h2-12H,1H3,(H,23,26)(H,27,28)(H,21,22,24). The fraction of sp³-hybridized carbons (Fsp3) is 0.100. The topological polar surface area (TPSA) is 107 Å². The first kappa shape index (κ1) is 17.5. The van der Waals surface area contributed by atoms with Gasteiger partial charge in [-0.15, -0.1) is 0 Å². The Morgan fingerprint density at radius 2 is 1.86 bits per heavy atom. The maximum Gasteiger partial charge on any atom is 0.335 e. The number of para-hydroxylation sites is 1. The van der Waals surface area contributed by atoms with Gasteiger partial charge < -0.3 is 20.6 Å². The fourth-order valence-corrected chi connectivity index (χ4v) is 3.00. The number of carbonyl (C=O) groups excluding carboxylic acids is 1. The van der Waals surface area contributed by atoms with Crippen molar-refractivity contribution in [3.63, 3.8) is 0 Å². The third kappa shape index (κ3) is 3.23. The monoisotopic (exact) mass is 375 g/mol. The zero-order chi connectivity index (χ0) is 19.7. The Balaban J connectivity index is 1.69. The predicted octanol–water partition coefficient (Wildman–Crippen LogP) is 3.40. The normalized spacial score (nSPS) is 15.5. The highest BCUT2D eigenvalue weighted by Gasteiger charge is 2.32. The van der Waals surface area contributed by atoms with Crippen molar-refractivity contribution in [2.45, 2.75) is 13.0 Å². The SMILES string of the molecule is CC1C(=O)Nc2cnc(Nc3ccc(C(=O)O)cc3)nc2N1c1ccccc1. The summed E-state index contributed by atoms with van der Waals surface area (Å²) in [5.41, 5.74) is 2.23. The zero-order valence-electron chi connectivity index (χ0n) is 15.0. The molecule has 1 atom stereocenters. The number of nitrogens with zero attached hydrogens (tertiary/aromatic N) is 3. The Hall–Kier alpha value is -3.94. The molecule has 3 N–H and O–H groups in total. The molecule has 1 aromatic heterocycles. The van der Waals surface area contributed by atoms with Crippen LogP contribution in [0.1, 0.15) is 17.3 Å². The minimum absolute atomic E-state index is 0.134. The number of fused-ring (bicyclic) bond motifs is 1. The summed E-state index contributed by atoms with van der Waals surface area (Å²) in [4.78, 5) is 34.0. The number of carboxylic acids is 1. The summed E-state index contributed by atoms with van der Waals surface area (Å²) < 4.78 is 0. The largest absolute Gasteiger partial charge is 0.478 e. The van der Waals surface area contributed by atoms with Crippen LogP contribution in [-0.4, -0.2) is 33.0 Å². The zero-order valence-corrected chi connectivity index (χ0v) is 15.0. The number of aromatic carboxylic acids is 1. The van der Waals surface area contributed by atoms with Gasteiger partial charge in [-0.3, -0.25) is 4.79 Å². The van der Waals surface area contributed by atoms with E-state index >= 15 is 0 Å². The number of amides is 1. The number of anilines is 5. The summed E-state index contributed by atoms with van der Waals surface area (Å²) in [6.45, 7) is 1.81. The molecule has 1 aliphatic rings. The lowest BCUT2D eigenvalue weighted by Crippen LogP contribution is -2.44. The second-order valence-electron chi connectivity index (χ2n) is 6.31. The van der Waals surface area contributed by atoms with Crippen LogP contribution < -0.4 is 15.5 Å². The van der Waals surface area contributed by atoms with Crippen molar-refractivity contribution in [2.75, 3.05) is 15.5 Å². The quantitative estimate of drug-likeness (QED) is 0.641. The third-order valence-corrected chi connectivity index (χ3v) is 4.44. The summed E-state index contributed by atoms with van der Waals surface area (Å²) in [6.07, 6.45) is 1.55. The number of benzene rings is 2. The van der Waals surface area contributed by atoms with E-state index in [1.165, 1.54) is 12.1 Å². The molecule has 2 aromatic carbocycles. The van der Waals surface area contributed by atoms with Crippen LogP contribution in [0.2, 0.25) is 0 Å². The van der Waals surface area contributed by atoms with E-state index < -0.39 is 12.0 Å². The van der Waals surface area contributed by atoms with E-state index in [0.717, 1.165) is 5.69 Å². The molecule has 28 heavy (non-hydrogen) atoms. The summed E-state index contributed by atoms with van der Waals surface area (Å²) >= 11 is 0. The molecule has 0 radical (unpaired) electrons. The van der Waals surface area contributed by atoms with Crippen LogP contribution >= 0.6 is 0 Å². The minimum atomic E-state index is -0.986. The van der Waals surface area contributed by atoms with Crippen molar-refractivity contribution < 1.29 is 14.7 Å². The van der Waals surface area contributed by atoms with Crippen molar-refractivity contribution in [1.29, 1.82) is 0 Å². The Morgan fingerprint density at radius 3 is 2.54 bits per heavy atom. The Morgan fingerprint density at radius 1 is 1.14 bits per heavy atom. The number of rotatable bonds is 4. The van der Waals surface area contributed by atoms with E-state index in [-0.39, 0.29) is 11.5 Å². The fourth-order valence-electron chi connectivity index (χ4n) is 3.00. The first-order valence-corrected chi connectivity index (χ1v) is 8.65. The van der Waals surface area contributed by atoms with E-state index in [1.54, 1.807) is 18.3 Å². The first-order valence-electron chi connectivity index (χ1n) is 8.65. The number of nitrogens with one attached hydrogen (secondary N) is 2. The number of hydrogen-bond donors (Lipinski definition) is 3. The third-order valence-electron chi connectivity index (χ3n) is 4.44. The summed E-state index contributed by atoms with van der Waals surface area (Å²) in [6, 6.07) is 15.4. The molecule has 0 aliphatic carbocycles. The van der Waals surface area contributed by atoms with Crippen molar-refractivity contribution >= 4 is 40.7 Å². The number of carbonyl (C=O) groups is 2. The van der Waals surface area contributed by atoms with E-state index in [2.05, 4.69) is 20.6 Å². The average molecular weight is 375 g/mol. The van der Waals surface area contributed by atoms with Crippen molar-refractivity contribution in [3.05, 3.63) is 66.4 Å². The molecular formula is C20H17N5O3. The summed E-state index contributed by atoms with van der Waals surface area (Å²) in [5.74, 6) is -0.200. The predicted molar refractivity (Wildman–Crippen MR) is 105 cm³/mol. The molecule has 8 nitrogen and oxygen atoms in total. The molecule has 8 heteroatoms. The van der Waals surface area contributed by atoms with Gasteiger partial charge in [0.25, 0.3) is 0 Å². The number of hydrogen-bond acceptors (Lipinski definition) is 6. The number of carboxylic acid groups (broad SMARTS) is 1. The maximum absolute atomic E-state index is 12.3. The van der Waals surface area contributed by atoms with Gasteiger partial charge in [-0.05, 0) is 43.3 Å².